The number of rotatable bonds is 5. The van der Waals surface area contributed by atoms with Crippen molar-refractivity contribution in [2.24, 2.45) is 0 Å². The molecule has 42 heavy (non-hydrogen) atoms. The van der Waals surface area contributed by atoms with Gasteiger partial charge in [0.1, 0.15) is 5.82 Å². The minimum absolute atomic E-state index is 0.0897. The summed E-state index contributed by atoms with van der Waals surface area (Å²) >= 11 is 2.31. The van der Waals surface area contributed by atoms with Gasteiger partial charge in [-0.25, -0.2) is 14.8 Å². The topological polar surface area (TPSA) is 88.3 Å². The number of likely N-dealkylation sites (tertiary alicyclic amines) is 1. The van der Waals surface area contributed by atoms with Crippen LogP contribution in [0.5, 0.6) is 0 Å². The first kappa shape index (κ1) is 27.1. The van der Waals surface area contributed by atoms with Crippen molar-refractivity contribution in [2.75, 3.05) is 13.1 Å². The molecule has 5 aromatic rings. The summed E-state index contributed by atoms with van der Waals surface area (Å²) in [5.41, 5.74) is 6.30. The Kier molecular flexibility index (Phi) is 7.17. The third-order valence-corrected chi connectivity index (χ3v) is 9.65. The van der Waals surface area contributed by atoms with Crippen LogP contribution in [-0.4, -0.2) is 49.5 Å². The van der Waals surface area contributed by atoms with Crippen LogP contribution >= 0.6 is 22.6 Å². The summed E-state index contributed by atoms with van der Waals surface area (Å²) in [6.07, 6.45) is 7.94. The fourth-order valence-electron chi connectivity index (χ4n) is 6.52. The number of carboxylic acids is 1. The number of halogens is 1. The van der Waals surface area contributed by atoms with Crippen LogP contribution < -0.4 is 0 Å². The first-order valence-corrected chi connectivity index (χ1v) is 15.8. The minimum Gasteiger partial charge on any atom is -0.478 e. The number of nitrogens with zero attached hydrogens (tertiary/aromatic N) is 4. The third kappa shape index (κ3) is 4.95. The normalized spacial score (nSPS) is 16.0. The predicted octanol–water partition coefficient (Wildman–Crippen LogP) is 7.96. The lowest BCUT2D eigenvalue weighted by Gasteiger charge is -2.25. The molecule has 2 aromatic heterocycles. The van der Waals surface area contributed by atoms with E-state index in [2.05, 4.69) is 45.4 Å². The van der Waals surface area contributed by atoms with E-state index in [9.17, 15) is 14.7 Å². The van der Waals surface area contributed by atoms with Crippen molar-refractivity contribution in [3.8, 4) is 22.6 Å². The molecule has 0 radical (unpaired) electrons. The van der Waals surface area contributed by atoms with Gasteiger partial charge in [-0.05, 0) is 109 Å². The Hall–Kier alpha value is -3.79. The number of hydrogen-bond acceptors (Lipinski definition) is 4. The number of carboxylic acid groups (broad SMARTS) is 1. The first-order valence-electron chi connectivity index (χ1n) is 14.7. The molecule has 212 valence electrons. The molecule has 1 N–H and O–H groups in total. The summed E-state index contributed by atoms with van der Waals surface area (Å²) in [5, 5.41) is 10.6. The van der Waals surface area contributed by atoms with E-state index in [1.54, 1.807) is 12.1 Å². The van der Waals surface area contributed by atoms with Crippen LogP contribution in [0.4, 0.5) is 0 Å². The van der Waals surface area contributed by atoms with Gasteiger partial charge in [0.15, 0.2) is 0 Å². The molecular weight excluding hydrogens is 639 g/mol. The minimum atomic E-state index is -0.946. The molecule has 3 heterocycles. The average Bonchev–Trinajstić information content (AvgIpc) is 3.69. The molecule has 3 aromatic carbocycles. The summed E-state index contributed by atoms with van der Waals surface area (Å²) < 4.78 is 3.38. The van der Waals surface area contributed by atoms with Gasteiger partial charge in [0.2, 0.25) is 0 Å². The van der Waals surface area contributed by atoms with Crippen LogP contribution in [0.25, 0.3) is 44.6 Å². The van der Waals surface area contributed by atoms with Gasteiger partial charge in [-0.2, -0.15) is 0 Å². The Morgan fingerprint density at radius 1 is 0.786 bits per heavy atom. The number of aromatic carboxylic acids is 1. The second kappa shape index (κ2) is 11.1. The zero-order chi connectivity index (χ0) is 28.8. The number of imidazole rings is 1. The molecule has 1 aliphatic heterocycles. The number of benzene rings is 3. The Balaban J connectivity index is 1.28. The van der Waals surface area contributed by atoms with E-state index in [1.165, 1.54) is 19.3 Å². The maximum Gasteiger partial charge on any atom is 0.335 e. The molecule has 7 nitrogen and oxygen atoms in total. The first-order chi connectivity index (χ1) is 20.5. The van der Waals surface area contributed by atoms with Crippen LogP contribution in [0, 0.1) is 3.57 Å². The molecule has 8 heteroatoms. The molecule has 1 aliphatic carbocycles. The van der Waals surface area contributed by atoms with Gasteiger partial charge in [0, 0.05) is 44.8 Å². The lowest BCUT2D eigenvalue weighted by atomic mass is 9.94. The van der Waals surface area contributed by atoms with Crippen LogP contribution in [0.15, 0.2) is 66.7 Å². The molecule has 0 unspecified atom stereocenters. The second-order valence-corrected chi connectivity index (χ2v) is 12.6. The molecule has 0 spiro atoms. The second-order valence-electron chi connectivity index (χ2n) is 11.4. The van der Waals surface area contributed by atoms with E-state index in [0.29, 0.717) is 17.1 Å². The average molecular weight is 671 g/mol. The van der Waals surface area contributed by atoms with E-state index >= 15 is 0 Å². The Labute approximate surface area is 257 Å². The highest BCUT2D eigenvalue weighted by atomic mass is 127. The number of fused-ring (bicyclic) bond motifs is 2. The van der Waals surface area contributed by atoms with Crippen molar-refractivity contribution < 1.29 is 14.7 Å². The van der Waals surface area contributed by atoms with Gasteiger partial charge in [-0.1, -0.05) is 25.3 Å². The Bertz CT molecular complexity index is 1850. The summed E-state index contributed by atoms with van der Waals surface area (Å²) in [7, 11) is 0. The van der Waals surface area contributed by atoms with E-state index in [1.807, 2.05) is 41.3 Å². The molecular formula is C34H31IN4O3. The zero-order valence-corrected chi connectivity index (χ0v) is 25.4. The molecule has 1 amide bonds. The molecule has 1 saturated heterocycles. The number of carbonyl (C=O) groups is 2. The van der Waals surface area contributed by atoms with Gasteiger partial charge in [-0.15, -0.1) is 0 Å². The highest BCUT2D eigenvalue weighted by Gasteiger charge is 2.24. The summed E-state index contributed by atoms with van der Waals surface area (Å²) in [5.74, 6) is 0.0128. The number of amides is 1. The van der Waals surface area contributed by atoms with Crippen molar-refractivity contribution in [1.29, 1.82) is 0 Å². The van der Waals surface area contributed by atoms with Crippen molar-refractivity contribution in [3.63, 3.8) is 0 Å². The fraction of sp³-hybridized carbons (Fsp3) is 0.294. The maximum atomic E-state index is 13.1. The van der Waals surface area contributed by atoms with E-state index in [-0.39, 0.29) is 11.5 Å². The van der Waals surface area contributed by atoms with Crippen LogP contribution in [-0.2, 0) is 0 Å². The molecule has 7 rings (SSSR count). The van der Waals surface area contributed by atoms with Gasteiger partial charge >= 0.3 is 5.97 Å². The smallest absolute Gasteiger partial charge is 0.335 e. The number of hydrogen-bond donors (Lipinski definition) is 1. The van der Waals surface area contributed by atoms with E-state index in [4.69, 9.17) is 9.97 Å². The van der Waals surface area contributed by atoms with Crippen molar-refractivity contribution in [2.45, 2.75) is 51.0 Å². The van der Waals surface area contributed by atoms with E-state index in [0.717, 1.165) is 81.4 Å². The van der Waals surface area contributed by atoms with Crippen molar-refractivity contribution in [1.82, 2.24) is 19.4 Å². The highest BCUT2D eigenvalue weighted by Crippen LogP contribution is 2.37. The van der Waals surface area contributed by atoms with Crippen molar-refractivity contribution in [3.05, 3.63) is 81.4 Å². The summed E-state index contributed by atoms with van der Waals surface area (Å²) in [6, 6.07) is 21.8. The monoisotopic (exact) mass is 670 g/mol. The Morgan fingerprint density at radius 2 is 1.57 bits per heavy atom. The number of aromatic nitrogens is 3. The van der Waals surface area contributed by atoms with Crippen LogP contribution in [0.3, 0.4) is 0 Å². The van der Waals surface area contributed by atoms with Crippen LogP contribution in [0.1, 0.15) is 71.7 Å². The highest BCUT2D eigenvalue weighted by molar-refractivity contribution is 14.1. The number of carbonyl (C=O) groups excluding carboxylic acids is 1. The van der Waals surface area contributed by atoms with Crippen molar-refractivity contribution >= 4 is 56.4 Å². The zero-order valence-electron chi connectivity index (χ0n) is 23.2. The van der Waals surface area contributed by atoms with E-state index < -0.39 is 5.97 Å². The summed E-state index contributed by atoms with van der Waals surface area (Å²) in [4.78, 5) is 36.6. The lowest BCUT2D eigenvalue weighted by molar-refractivity contribution is 0.0696. The lowest BCUT2D eigenvalue weighted by Crippen LogP contribution is -2.27. The number of pyridine rings is 1. The van der Waals surface area contributed by atoms with Gasteiger partial charge in [-0.3, -0.25) is 4.79 Å². The third-order valence-electron chi connectivity index (χ3n) is 8.71. The van der Waals surface area contributed by atoms with Gasteiger partial charge in [0.25, 0.3) is 5.91 Å². The fourth-order valence-corrected chi connectivity index (χ4v) is 7.13. The summed E-state index contributed by atoms with van der Waals surface area (Å²) in [6.45, 7) is 1.65. The molecule has 0 atom stereocenters. The SMILES string of the molecule is O=C(O)c1ccc2c(c1)nc(-c1ccc3nc(-c4cc(C(=O)N5CCCC5)ccc4I)ccc3c1)n2C1CCCCC1. The predicted molar refractivity (Wildman–Crippen MR) is 173 cm³/mol. The van der Waals surface area contributed by atoms with Crippen LogP contribution in [0.2, 0.25) is 0 Å². The Morgan fingerprint density at radius 3 is 2.36 bits per heavy atom. The maximum absolute atomic E-state index is 13.1. The largest absolute Gasteiger partial charge is 0.478 e. The van der Waals surface area contributed by atoms with Gasteiger partial charge in [0.05, 0.1) is 27.8 Å². The molecule has 1 saturated carbocycles. The quantitative estimate of drug-likeness (QED) is 0.192. The molecule has 2 aliphatic rings. The standard InChI is InChI=1S/C34H31IN4O3/c35-27-12-8-23(33(40)38-16-4-5-17-38)19-26(27)29-14-9-21-18-22(10-13-28(21)36-29)32-37-30-20-24(34(41)42)11-15-31(30)39(32)25-6-2-1-3-7-25/h8-15,18-20,25H,1-7,16-17H2,(H,41,42). The molecule has 0 bridgehead atoms. The molecule has 2 fully saturated rings. The van der Waals surface area contributed by atoms with Gasteiger partial charge < -0.3 is 14.6 Å².